The molecular weight excluding hydrogens is 202 g/mol. The average Bonchev–Trinajstić information content (AvgIpc) is 2.61. The summed E-state index contributed by atoms with van der Waals surface area (Å²) in [5, 5.41) is 4.24. The van der Waals surface area contributed by atoms with Crippen LogP contribution in [0.5, 0.6) is 5.75 Å². The van der Waals surface area contributed by atoms with Gasteiger partial charge in [-0.15, -0.1) is 0 Å². The highest BCUT2D eigenvalue weighted by atomic mass is 16.5. The summed E-state index contributed by atoms with van der Waals surface area (Å²) in [5.74, 6) is 0.816. The number of hydrogen-bond donors (Lipinski definition) is 1. The third-order valence-corrected chi connectivity index (χ3v) is 2.44. The molecule has 0 unspecified atom stereocenters. The van der Waals surface area contributed by atoms with Gasteiger partial charge in [0, 0.05) is 0 Å². The van der Waals surface area contributed by atoms with E-state index in [1.807, 2.05) is 38.1 Å². The number of anilines is 1. The summed E-state index contributed by atoms with van der Waals surface area (Å²) in [6, 6.07) is 7.78. The molecule has 0 radical (unpaired) electrons. The third-order valence-electron chi connectivity index (χ3n) is 2.44. The van der Waals surface area contributed by atoms with Crippen molar-refractivity contribution >= 4 is 5.69 Å². The predicted molar refractivity (Wildman–Crippen MR) is 63.9 cm³/mol. The molecule has 84 valence electrons. The van der Waals surface area contributed by atoms with E-state index in [1.54, 1.807) is 10.9 Å². The van der Waals surface area contributed by atoms with Crippen LogP contribution in [0, 0.1) is 6.92 Å². The van der Waals surface area contributed by atoms with Crippen LogP contribution in [-0.2, 0) is 0 Å². The first-order chi connectivity index (χ1) is 7.74. The van der Waals surface area contributed by atoms with Crippen LogP contribution in [0.2, 0.25) is 0 Å². The van der Waals surface area contributed by atoms with Crippen LogP contribution in [0.15, 0.2) is 30.5 Å². The van der Waals surface area contributed by atoms with Gasteiger partial charge in [-0.2, -0.15) is 5.10 Å². The van der Waals surface area contributed by atoms with Gasteiger partial charge in [0.25, 0.3) is 0 Å². The number of rotatable bonds is 3. The molecule has 4 nitrogen and oxygen atoms in total. The first-order valence-electron chi connectivity index (χ1n) is 5.26. The summed E-state index contributed by atoms with van der Waals surface area (Å²) in [6.07, 6.45) is 1.65. The van der Waals surface area contributed by atoms with Crippen LogP contribution in [0.1, 0.15) is 12.6 Å². The lowest BCUT2D eigenvalue weighted by Crippen LogP contribution is -2.03. The van der Waals surface area contributed by atoms with E-state index >= 15 is 0 Å². The first kappa shape index (κ1) is 10.5. The van der Waals surface area contributed by atoms with E-state index in [0.29, 0.717) is 12.3 Å². The maximum atomic E-state index is 5.78. The zero-order valence-corrected chi connectivity index (χ0v) is 9.47. The molecule has 1 heterocycles. The van der Waals surface area contributed by atoms with Gasteiger partial charge in [-0.05, 0) is 26.0 Å². The SMILES string of the molecule is CCOc1ccccc1-n1ncc(N)c1C. The summed E-state index contributed by atoms with van der Waals surface area (Å²) in [5.41, 5.74) is 8.30. The molecule has 0 bridgehead atoms. The number of nitrogens with zero attached hydrogens (tertiary/aromatic N) is 2. The second-order valence-electron chi connectivity index (χ2n) is 3.50. The Bertz CT molecular complexity index is 491. The van der Waals surface area contributed by atoms with Crippen LogP contribution in [0.4, 0.5) is 5.69 Å². The molecule has 0 aliphatic heterocycles. The molecule has 0 saturated heterocycles. The fourth-order valence-corrected chi connectivity index (χ4v) is 1.57. The molecule has 0 amide bonds. The van der Waals surface area contributed by atoms with Gasteiger partial charge in [-0.1, -0.05) is 12.1 Å². The Morgan fingerprint density at radius 1 is 1.38 bits per heavy atom. The van der Waals surface area contributed by atoms with Crippen molar-refractivity contribution in [3.63, 3.8) is 0 Å². The molecule has 2 N–H and O–H groups in total. The molecule has 4 heteroatoms. The summed E-state index contributed by atoms with van der Waals surface area (Å²) in [6.45, 7) is 4.53. The maximum Gasteiger partial charge on any atom is 0.144 e. The van der Waals surface area contributed by atoms with Crippen LogP contribution >= 0.6 is 0 Å². The zero-order chi connectivity index (χ0) is 11.5. The quantitative estimate of drug-likeness (QED) is 0.857. The van der Waals surface area contributed by atoms with E-state index in [-0.39, 0.29) is 0 Å². The van der Waals surface area contributed by atoms with Crippen molar-refractivity contribution in [3.05, 3.63) is 36.2 Å². The van der Waals surface area contributed by atoms with Crippen molar-refractivity contribution in [3.8, 4) is 11.4 Å². The summed E-state index contributed by atoms with van der Waals surface area (Å²) in [4.78, 5) is 0. The Kier molecular flexibility index (Phi) is 2.81. The van der Waals surface area contributed by atoms with E-state index in [4.69, 9.17) is 10.5 Å². The zero-order valence-electron chi connectivity index (χ0n) is 9.47. The Morgan fingerprint density at radius 2 is 2.12 bits per heavy atom. The lowest BCUT2D eigenvalue weighted by atomic mass is 10.3. The van der Waals surface area contributed by atoms with Crippen LogP contribution in [0.25, 0.3) is 5.69 Å². The number of nitrogen functional groups attached to an aromatic ring is 1. The van der Waals surface area contributed by atoms with E-state index < -0.39 is 0 Å². The molecule has 0 spiro atoms. The predicted octanol–water partition coefficient (Wildman–Crippen LogP) is 2.16. The molecule has 0 atom stereocenters. The first-order valence-corrected chi connectivity index (χ1v) is 5.26. The number of ether oxygens (including phenoxy) is 1. The average molecular weight is 217 g/mol. The molecule has 2 aromatic rings. The standard InChI is InChI=1S/C12H15N3O/c1-3-16-12-7-5-4-6-11(12)15-9(2)10(13)8-14-15/h4-8H,3,13H2,1-2H3. The smallest absolute Gasteiger partial charge is 0.144 e. The Morgan fingerprint density at radius 3 is 2.75 bits per heavy atom. The fourth-order valence-electron chi connectivity index (χ4n) is 1.57. The molecule has 0 aliphatic carbocycles. The van der Waals surface area contributed by atoms with Gasteiger partial charge >= 0.3 is 0 Å². The number of hydrogen-bond acceptors (Lipinski definition) is 3. The van der Waals surface area contributed by atoms with Crippen molar-refractivity contribution in [2.24, 2.45) is 0 Å². The second-order valence-corrected chi connectivity index (χ2v) is 3.50. The lowest BCUT2D eigenvalue weighted by molar-refractivity contribution is 0.338. The monoisotopic (exact) mass is 217 g/mol. The second kappa shape index (κ2) is 4.26. The highest BCUT2D eigenvalue weighted by molar-refractivity contribution is 5.51. The highest BCUT2D eigenvalue weighted by Gasteiger charge is 2.09. The highest BCUT2D eigenvalue weighted by Crippen LogP contribution is 2.24. The number of nitrogens with two attached hydrogens (primary N) is 1. The van der Waals surface area contributed by atoms with Gasteiger partial charge in [0.05, 0.1) is 24.2 Å². The summed E-state index contributed by atoms with van der Waals surface area (Å²) < 4.78 is 7.35. The Labute approximate surface area is 94.6 Å². The number of aromatic nitrogens is 2. The van der Waals surface area contributed by atoms with Crippen molar-refractivity contribution < 1.29 is 4.74 Å². The van der Waals surface area contributed by atoms with Crippen molar-refractivity contribution in [2.75, 3.05) is 12.3 Å². The minimum atomic E-state index is 0.632. The molecule has 0 fully saturated rings. The molecule has 2 rings (SSSR count). The molecule has 0 saturated carbocycles. The van der Waals surface area contributed by atoms with Gasteiger partial charge in [-0.25, -0.2) is 4.68 Å². The van der Waals surface area contributed by atoms with Gasteiger partial charge in [0.1, 0.15) is 11.4 Å². The van der Waals surface area contributed by atoms with Crippen LogP contribution < -0.4 is 10.5 Å². The van der Waals surface area contributed by atoms with Crippen molar-refractivity contribution in [1.29, 1.82) is 0 Å². The van der Waals surface area contributed by atoms with Crippen molar-refractivity contribution in [2.45, 2.75) is 13.8 Å². The van der Waals surface area contributed by atoms with Gasteiger partial charge in [0.15, 0.2) is 0 Å². The third kappa shape index (κ3) is 1.74. The largest absolute Gasteiger partial charge is 0.492 e. The Balaban J connectivity index is 2.51. The maximum absolute atomic E-state index is 5.78. The van der Waals surface area contributed by atoms with Gasteiger partial charge in [-0.3, -0.25) is 0 Å². The number of para-hydroxylation sites is 2. The topological polar surface area (TPSA) is 53.1 Å². The van der Waals surface area contributed by atoms with E-state index in [2.05, 4.69) is 5.10 Å². The van der Waals surface area contributed by atoms with Gasteiger partial charge < -0.3 is 10.5 Å². The Hall–Kier alpha value is -1.97. The van der Waals surface area contributed by atoms with Crippen LogP contribution in [-0.4, -0.2) is 16.4 Å². The summed E-state index contributed by atoms with van der Waals surface area (Å²) in [7, 11) is 0. The molecule has 1 aromatic carbocycles. The lowest BCUT2D eigenvalue weighted by Gasteiger charge is -2.11. The minimum absolute atomic E-state index is 0.632. The molecule has 16 heavy (non-hydrogen) atoms. The van der Waals surface area contributed by atoms with Gasteiger partial charge in [0.2, 0.25) is 0 Å². The minimum Gasteiger partial charge on any atom is -0.492 e. The van der Waals surface area contributed by atoms with E-state index in [0.717, 1.165) is 17.1 Å². The van der Waals surface area contributed by atoms with Crippen LogP contribution in [0.3, 0.4) is 0 Å². The molecule has 1 aromatic heterocycles. The fraction of sp³-hybridized carbons (Fsp3) is 0.250. The normalized spacial score (nSPS) is 10.4. The molecular formula is C12H15N3O. The van der Waals surface area contributed by atoms with E-state index in [9.17, 15) is 0 Å². The summed E-state index contributed by atoms with van der Waals surface area (Å²) >= 11 is 0. The number of benzene rings is 1. The van der Waals surface area contributed by atoms with E-state index in [1.165, 1.54) is 0 Å². The molecule has 0 aliphatic rings. The van der Waals surface area contributed by atoms with Crippen molar-refractivity contribution in [1.82, 2.24) is 9.78 Å².